The lowest BCUT2D eigenvalue weighted by Crippen LogP contribution is -2.49. The fraction of sp³-hybridized carbons (Fsp3) is 0.481. The lowest BCUT2D eigenvalue weighted by molar-refractivity contribution is -0.141. The average molecular weight is 455 g/mol. The number of hydrogen-bond donors (Lipinski definition) is 1. The molecule has 1 atom stereocenters. The van der Waals surface area contributed by atoms with Crippen LogP contribution in [0.3, 0.4) is 0 Å². The number of carbonyl (C=O) groups is 2. The highest BCUT2D eigenvalue weighted by Crippen LogP contribution is 2.28. The van der Waals surface area contributed by atoms with Gasteiger partial charge in [-0.2, -0.15) is 0 Å². The fourth-order valence-electron chi connectivity index (χ4n) is 3.74. The second kappa shape index (κ2) is 12.9. The molecule has 2 rings (SSSR count). The summed E-state index contributed by atoms with van der Waals surface area (Å²) in [7, 11) is 3.19. The highest BCUT2D eigenvalue weighted by atomic mass is 16.5. The van der Waals surface area contributed by atoms with E-state index in [2.05, 4.69) is 19.2 Å². The second-order valence-electron chi connectivity index (χ2n) is 8.70. The van der Waals surface area contributed by atoms with Crippen molar-refractivity contribution >= 4 is 11.8 Å². The molecule has 33 heavy (non-hydrogen) atoms. The monoisotopic (exact) mass is 454 g/mol. The third kappa shape index (κ3) is 7.52. The van der Waals surface area contributed by atoms with Crippen LogP contribution < -0.4 is 14.8 Å². The van der Waals surface area contributed by atoms with Crippen molar-refractivity contribution in [1.82, 2.24) is 10.2 Å². The number of hydrogen-bond acceptors (Lipinski definition) is 4. The maximum Gasteiger partial charge on any atom is 0.242 e. The molecule has 1 N–H and O–H groups in total. The molecule has 180 valence electrons. The minimum Gasteiger partial charge on any atom is -0.493 e. The van der Waals surface area contributed by atoms with E-state index in [0.29, 0.717) is 49.8 Å². The van der Waals surface area contributed by atoms with E-state index >= 15 is 0 Å². The molecule has 6 nitrogen and oxygen atoms in total. The molecule has 0 saturated carbocycles. The molecule has 0 aliphatic heterocycles. The second-order valence-corrected chi connectivity index (χ2v) is 8.70. The van der Waals surface area contributed by atoms with E-state index in [9.17, 15) is 9.59 Å². The van der Waals surface area contributed by atoms with Crippen molar-refractivity contribution in [1.29, 1.82) is 0 Å². The zero-order chi connectivity index (χ0) is 24.4. The molecule has 0 spiro atoms. The molecule has 6 heteroatoms. The quantitative estimate of drug-likeness (QED) is 0.512. The van der Waals surface area contributed by atoms with Gasteiger partial charge in [-0.05, 0) is 54.5 Å². The molecule has 0 aliphatic rings. The number of methoxy groups -OCH3 is 2. The molecule has 2 aromatic carbocycles. The van der Waals surface area contributed by atoms with Gasteiger partial charge in [0, 0.05) is 19.5 Å². The van der Waals surface area contributed by atoms with Crippen LogP contribution in [0.5, 0.6) is 11.5 Å². The first-order valence-electron chi connectivity index (χ1n) is 11.6. The molecule has 0 fully saturated rings. The summed E-state index contributed by atoms with van der Waals surface area (Å²) in [4.78, 5) is 28.2. The van der Waals surface area contributed by atoms with Crippen LogP contribution in [0.2, 0.25) is 0 Å². The predicted octanol–water partition coefficient (Wildman–Crippen LogP) is 4.52. The largest absolute Gasteiger partial charge is 0.493 e. The molecule has 0 aromatic heterocycles. The third-order valence-electron chi connectivity index (χ3n) is 5.75. The van der Waals surface area contributed by atoms with Gasteiger partial charge in [0.1, 0.15) is 6.04 Å². The van der Waals surface area contributed by atoms with Gasteiger partial charge in [-0.1, -0.05) is 51.1 Å². The van der Waals surface area contributed by atoms with Gasteiger partial charge >= 0.3 is 0 Å². The molecule has 2 aromatic rings. The smallest absolute Gasteiger partial charge is 0.242 e. The number of amides is 2. The Hall–Kier alpha value is -3.02. The van der Waals surface area contributed by atoms with Gasteiger partial charge in [0.15, 0.2) is 11.5 Å². The van der Waals surface area contributed by atoms with E-state index in [1.165, 1.54) is 0 Å². The number of carbonyl (C=O) groups excluding carboxylic acids is 2. The van der Waals surface area contributed by atoms with Crippen molar-refractivity contribution < 1.29 is 19.1 Å². The zero-order valence-electron chi connectivity index (χ0n) is 20.8. The molecule has 0 bridgehead atoms. The first-order chi connectivity index (χ1) is 15.8. The van der Waals surface area contributed by atoms with Crippen molar-refractivity contribution in [2.24, 2.45) is 5.92 Å². The molecule has 2 amide bonds. The fourth-order valence-corrected chi connectivity index (χ4v) is 3.74. The van der Waals surface area contributed by atoms with Crippen molar-refractivity contribution in [3.63, 3.8) is 0 Å². The summed E-state index contributed by atoms with van der Waals surface area (Å²) < 4.78 is 10.7. The van der Waals surface area contributed by atoms with Gasteiger partial charge < -0.3 is 19.7 Å². The summed E-state index contributed by atoms with van der Waals surface area (Å²) >= 11 is 0. The van der Waals surface area contributed by atoms with Crippen molar-refractivity contribution in [2.45, 2.75) is 59.5 Å². The van der Waals surface area contributed by atoms with Crippen LogP contribution in [0.15, 0.2) is 42.5 Å². The minimum atomic E-state index is -0.513. The van der Waals surface area contributed by atoms with E-state index < -0.39 is 6.04 Å². The van der Waals surface area contributed by atoms with Gasteiger partial charge in [-0.15, -0.1) is 0 Å². The summed E-state index contributed by atoms with van der Waals surface area (Å²) in [5, 5.41) is 3.01. The number of nitrogens with zero attached hydrogens (tertiary/aromatic N) is 1. The summed E-state index contributed by atoms with van der Waals surface area (Å²) in [5.41, 5.74) is 3.13. The Kier molecular flexibility index (Phi) is 10.2. The third-order valence-corrected chi connectivity index (χ3v) is 5.75. The van der Waals surface area contributed by atoms with Gasteiger partial charge in [-0.25, -0.2) is 0 Å². The predicted molar refractivity (Wildman–Crippen MR) is 132 cm³/mol. The molecule has 0 heterocycles. The Labute approximate surface area is 198 Å². The number of aryl methyl sites for hydroxylation is 2. The highest BCUT2D eigenvalue weighted by Gasteiger charge is 2.28. The number of ether oxygens (including phenoxy) is 2. The van der Waals surface area contributed by atoms with Crippen LogP contribution >= 0.6 is 0 Å². The van der Waals surface area contributed by atoms with Gasteiger partial charge in [0.25, 0.3) is 0 Å². The van der Waals surface area contributed by atoms with E-state index in [-0.39, 0.29) is 11.8 Å². The molecule has 0 unspecified atom stereocenters. The Bertz CT molecular complexity index is 926. The lowest BCUT2D eigenvalue weighted by atomic mass is 10.0. The first kappa shape index (κ1) is 26.2. The van der Waals surface area contributed by atoms with E-state index in [0.717, 1.165) is 16.7 Å². The van der Waals surface area contributed by atoms with Gasteiger partial charge in [0.05, 0.1) is 14.2 Å². The summed E-state index contributed by atoms with van der Waals surface area (Å²) in [6.45, 7) is 9.09. The maximum atomic E-state index is 13.4. The van der Waals surface area contributed by atoms with E-state index in [1.807, 2.05) is 56.3 Å². The average Bonchev–Trinajstić information content (AvgIpc) is 2.81. The SMILES string of the molecule is CC[C@H](C(=O)NCC(C)C)N(Cc1ccccc1C)C(=O)CCc1ccc(OC)c(OC)c1. The van der Waals surface area contributed by atoms with Crippen LogP contribution in [0.1, 0.15) is 50.3 Å². The van der Waals surface area contributed by atoms with Crippen molar-refractivity contribution in [3.8, 4) is 11.5 Å². The Morgan fingerprint density at radius 3 is 2.33 bits per heavy atom. The van der Waals surface area contributed by atoms with Gasteiger partial charge in [0.2, 0.25) is 11.8 Å². The van der Waals surface area contributed by atoms with Crippen LogP contribution in [-0.4, -0.2) is 43.5 Å². The molecule has 0 saturated heterocycles. The minimum absolute atomic E-state index is 0.0421. The lowest BCUT2D eigenvalue weighted by Gasteiger charge is -2.31. The van der Waals surface area contributed by atoms with E-state index in [1.54, 1.807) is 19.1 Å². The number of nitrogens with one attached hydrogen (secondary N) is 1. The molecular formula is C27H38N2O4. The van der Waals surface area contributed by atoms with Crippen molar-refractivity contribution in [2.75, 3.05) is 20.8 Å². The Morgan fingerprint density at radius 2 is 1.73 bits per heavy atom. The summed E-state index contributed by atoms with van der Waals surface area (Å²) in [5.74, 6) is 1.50. The molecule has 0 aliphatic carbocycles. The van der Waals surface area contributed by atoms with Crippen LogP contribution in [-0.2, 0) is 22.6 Å². The van der Waals surface area contributed by atoms with Crippen LogP contribution in [0.25, 0.3) is 0 Å². The first-order valence-corrected chi connectivity index (χ1v) is 11.6. The maximum absolute atomic E-state index is 13.4. The number of benzene rings is 2. The topological polar surface area (TPSA) is 67.9 Å². The standard InChI is InChI=1S/C27H38N2O4/c1-7-23(27(31)28-17-19(2)3)29(18-22-11-9-8-10-20(22)4)26(30)15-13-21-12-14-24(32-5)25(16-21)33-6/h8-12,14,16,19,23H,7,13,15,17-18H2,1-6H3,(H,28,31)/t23-/m1/s1. The zero-order valence-corrected chi connectivity index (χ0v) is 20.8. The van der Waals surface area contributed by atoms with Crippen molar-refractivity contribution in [3.05, 3.63) is 59.2 Å². The Balaban J connectivity index is 2.23. The normalized spacial score (nSPS) is 11.7. The van der Waals surface area contributed by atoms with Gasteiger partial charge in [-0.3, -0.25) is 9.59 Å². The summed E-state index contributed by atoms with van der Waals surface area (Å²) in [6, 6.07) is 13.2. The summed E-state index contributed by atoms with van der Waals surface area (Å²) in [6.07, 6.45) is 1.40. The van der Waals surface area contributed by atoms with Crippen LogP contribution in [0.4, 0.5) is 0 Å². The van der Waals surface area contributed by atoms with E-state index in [4.69, 9.17) is 9.47 Å². The Morgan fingerprint density at radius 1 is 1.03 bits per heavy atom. The number of rotatable bonds is 12. The molecular weight excluding hydrogens is 416 g/mol. The van der Waals surface area contributed by atoms with Crippen LogP contribution in [0, 0.1) is 12.8 Å². The highest BCUT2D eigenvalue weighted by molar-refractivity contribution is 5.87. The molecule has 0 radical (unpaired) electrons.